The average molecular weight is 325 g/mol. The molecular formula is C16H24FN3O3. The monoisotopic (exact) mass is 325 g/mol. The van der Waals surface area contributed by atoms with Gasteiger partial charge in [-0.25, -0.2) is 9.18 Å². The van der Waals surface area contributed by atoms with E-state index in [4.69, 9.17) is 10.5 Å². The van der Waals surface area contributed by atoms with Crippen LogP contribution in [0, 0.1) is 5.82 Å². The lowest BCUT2D eigenvalue weighted by Crippen LogP contribution is -2.40. The van der Waals surface area contributed by atoms with Gasteiger partial charge in [0.15, 0.2) is 0 Å². The molecule has 23 heavy (non-hydrogen) atoms. The average Bonchev–Trinajstić information content (AvgIpc) is 2.79. The maximum Gasteiger partial charge on any atom is 0.407 e. The van der Waals surface area contributed by atoms with Crippen molar-refractivity contribution in [1.29, 1.82) is 0 Å². The van der Waals surface area contributed by atoms with E-state index in [-0.39, 0.29) is 18.7 Å². The summed E-state index contributed by atoms with van der Waals surface area (Å²) in [6.45, 7) is 5.78. The van der Waals surface area contributed by atoms with Gasteiger partial charge in [0.25, 0.3) is 0 Å². The zero-order chi connectivity index (χ0) is 17.2. The van der Waals surface area contributed by atoms with Gasteiger partial charge in [-0.3, -0.25) is 0 Å². The number of rotatable bonds is 3. The quantitative estimate of drug-likeness (QED) is 0.739. The van der Waals surface area contributed by atoms with Crippen LogP contribution in [0.4, 0.5) is 20.6 Å². The summed E-state index contributed by atoms with van der Waals surface area (Å²) in [5, 5.41) is 12.4. The van der Waals surface area contributed by atoms with Crippen LogP contribution in [0.3, 0.4) is 0 Å². The topological polar surface area (TPSA) is 87.8 Å². The van der Waals surface area contributed by atoms with Crippen LogP contribution in [0.15, 0.2) is 18.2 Å². The number of aliphatic hydroxyl groups is 1. The molecule has 1 fully saturated rings. The van der Waals surface area contributed by atoms with Crippen molar-refractivity contribution < 1.29 is 19.0 Å². The Labute approximate surface area is 135 Å². The molecule has 0 radical (unpaired) electrons. The number of halogens is 1. The Hall–Kier alpha value is -2.02. The number of amides is 1. The van der Waals surface area contributed by atoms with Gasteiger partial charge in [0.1, 0.15) is 11.4 Å². The first-order valence-electron chi connectivity index (χ1n) is 7.61. The zero-order valence-corrected chi connectivity index (χ0v) is 13.7. The lowest BCUT2D eigenvalue weighted by molar-refractivity contribution is 0.0507. The fraction of sp³-hybridized carbons (Fsp3) is 0.562. The van der Waals surface area contributed by atoms with Gasteiger partial charge < -0.3 is 25.8 Å². The number of alkyl carbamates (subject to hydrolysis) is 1. The Bertz CT molecular complexity index is 574. The summed E-state index contributed by atoms with van der Waals surface area (Å²) in [4.78, 5) is 13.8. The molecule has 0 saturated carbocycles. The molecule has 0 aromatic heterocycles. The minimum absolute atomic E-state index is 0.0800. The van der Waals surface area contributed by atoms with Crippen molar-refractivity contribution in [2.45, 2.75) is 44.9 Å². The van der Waals surface area contributed by atoms with Crippen molar-refractivity contribution in [3.05, 3.63) is 24.0 Å². The molecule has 6 nitrogen and oxygen atoms in total. The number of hydrogen-bond acceptors (Lipinski definition) is 5. The van der Waals surface area contributed by atoms with E-state index in [0.29, 0.717) is 24.3 Å². The smallest absolute Gasteiger partial charge is 0.407 e. The molecule has 1 aromatic carbocycles. The number of carbonyl (C=O) groups is 1. The van der Waals surface area contributed by atoms with Crippen LogP contribution >= 0.6 is 0 Å². The van der Waals surface area contributed by atoms with Gasteiger partial charge in [-0.2, -0.15) is 0 Å². The van der Waals surface area contributed by atoms with Gasteiger partial charge >= 0.3 is 6.09 Å². The third-order valence-electron chi connectivity index (χ3n) is 3.65. The van der Waals surface area contributed by atoms with Gasteiger partial charge in [-0.15, -0.1) is 0 Å². The second-order valence-electron chi connectivity index (χ2n) is 6.77. The molecule has 1 heterocycles. The first kappa shape index (κ1) is 17.3. The molecular weight excluding hydrogens is 301 g/mol. The van der Waals surface area contributed by atoms with Crippen LogP contribution in [0.25, 0.3) is 0 Å². The first-order chi connectivity index (χ1) is 10.7. The number of nitrogens with zero attached hydrogens (tertiary/aromatic N) is 1. The number of nitrogens with one attached hydrogen (secondary N) is 1. The highest BCUT2D eigenvalue weighted by atomic mass is 19.1. The molecule has 4 N–H and O–H groups in total. The molecule has 0 bridgehead atoms. The van der Waals surface area contributed by atoms with Crippen LogP contribution in [-0.4, -0.2) is 42.0 Å². The highest BCUT2D eigenvalue weighted by Gasteiger charge is 2.34. The van der Waals surface area contributed by atoms with E-state index in [9.17, 15) is 14.3 Å². The van der Waals surface area contributed by atoms with Crippen molar-refractivity contribution >= 4 is 17.5 Å². The van der Waals surface area contributed by atoms with Crippen LogP contribution in [0.5, 0.6) is 0 Å². The van der Waals surface area contributed by atoms with Gasteiger partial charge in [0, 0.05) is 6.54 Å². The van der Waals surface area contributed by atoms with Crippen molar-refractivity contribution in [3.63, 3.8) is 0 Å². The van der Waals surface area contributed by atoms with E-state index in [1.165, 1.54) is 12.1 Å². The maximum absolute atomic E-state index is 13.2. The van der Waals surface area contributed by atoms with Crippen LogP contribution < -0.4 is 16.0 Å². The SMILES string of the molecule is CC(C)(C)OC(=O)NC1CC(CO)N(c2ccc(F)cc2N)C1. The number of nitrogens with two attached hydrogens (primary N) is 1. The highest BCUT2D eigenvalue weighted by Crippen LogP contribution is 2.31. The van der Waals surface area contributed by atoms with E-state index in [2.05, 4.69) is 5.32 Å². The van der Waals surface area contributed by atoms with E-state index < -0.39 is 17.5 Å². The van der Waals surface area contributed by atoms with E-state index in [1.54, 1.807) is 26.8 Å². The maximum atomic E-state index is 13.2. The van der Waals surface area contributed by atoms with Gasteiger partial charge in [0.05, 0.1) is 30.1 Å². The van der Waals surface area contributed by atoms with Crippen molar-refractivity contribution in [3.8, 4) is 0 Å². The van der Waals surface area contributed by atoms with E-state index >= 15 is 0 Å². The number of aliphatic hydroxyl groups excluding tert-OH is 1. The Balaban J connectivity index is 2.07. The predicted octanol–water partition coefficient (Wildman–Crippen LogP) is 1.87. The molecule has 0 aliphatic carbocycles. The Morgan fingerprint density at radius 1 is 1.52 bits per heavy atom. The second kappa shape index (κ2) is 6.62. The molecule has 1 aliphatic rings. The summed E-state index contributed by atoms with van der Waals surface area (Å²) in [7, 11) is 0. The number of nitrogen functional groups attached to an aromatic ring is 1. The molecule has 2 atom stereocenters. The summed E-state index contributed by atoms with van der Waals surface area (Å²) in [6.07, 6.45) is 0.0696. The molecule has 7 heteroatoms. The molecule has 2 rings (SSSR count). The fourth-order valence-corrected chi connectivity index (χ4v) is 2.75. The number of carbonyl (C=O) groups excluding carboxylic acids is 1. The predicted molar refractivity (Wildman–Crippen MR) is 86.8 cm³/mol. The molecule has 128 valence electrons. The summed E-state index contributed by atoms with van der Waals surface area (Å²) in [5.41, 5.74) is 6.26. The zero-order valence-electron chi connectivity index (χ0n) is 13.7. The van der Waals surface area contributed by atoms with Crippen LogP contribution in [0.2, 0.25) is 0 Å². The van der Waals surface area contributed by atoms with E-state index in [1.807, 2.05) is 4.90 Å². The standard InChI is InChI=1S/C16H24FN3O3/c1-16(2,3)23-15(22)19-11-7-12(9-21)20(8-11)14-5-4-10(17)6-13(14)18/h4-6,11-12,21H,7-9,18H2,1-3H3,(H,19,22). The van der Waals surface area contributed by atoms with Crippen molar-refractivity contribution in [1.82, 2.24) is 5.32 Å². The lowest BCUT2D eigenvalue weighted by atomic mass is 10.1. The normalized spacial score (nSPS) is 21.3. The Kier molecular flexibility index (Phi) is 4.99. The number of hydrogen-bond donors (Lipinski definition) is 3. The molecule has 1 amide bonds. The second-order valence-corrected chi connectivity index (χ2v) is 6.77. The van der Waals surface area contributed by atoms with Crippen molar-refractivity contribution in [2.75, 3.05) is 23.8 Å². The largest absolute Gasteiger partial charge is 0.444 e. The van der Waals surface area contributed by atoms with Gasteiger partial charge in [-0.05, 0) is 45.4 Å². The van der Waals surface area contributed by atoms with Crippen LogP contribution in [0.1, 0.15) is 27.2 Å². The molecule has 1 saturated heterocycles. The number of benzene rings is 1. The van der Waals surface area contributed by atoms with Crippen molar-refractivity contribution in [2.24, 2.45) is 0 Å². The number of anilines is 2. The summed E-state index contributed by atoms with van der Waals surface area (Å²) >= 11 is 0. The molecule has 2 unspecified atom stereocenters. The Morgan fingerprint density at radius 2 is 2.22 bits per heavy atom. The molecule has 1 aromatic rings. The highest BCUT2D eigenvalue weighted by molar-refractivity contribution is 5.70. The first-order valence-corrected chi connectivity index (χ1v) is 7.61. The minimum Gasteiger partial charge on any atom is -0.444 e. The minimum atomic E-state index is -0.569. The van der Waals surface area contributed by atoms with Gasteiger partial charge in [-0.1, -0.05) is 0 Å². The third kappa shape index (κ3) is 4.48. The lowest BCUT2D eigenvalue weighted by Gasteiger charge is -2.26. The summed E-state index contributed by atoms with van der Waals surface area (Å²) < 4.78 is 18.4. The molecule has 1 aliphatic heterocycles. The molecule has 0 spiro atoms. The Morgan fingerprint density at radius 3 is 2.78 bits per heavy atom. The fourth-order valence-electron chi connectivity index (χ4n) is 2.75. The van der Waals surface area contributed by atoms with E-state index in [0.717, 1.165) is 0 Å². The number of ether oxygens (including phenoxy) is 1. The third-order valence-corrected chi connectivity index (χ3v) is 3.65. The van der Waals surface area contributed by atoms with Crippen LogP contribution in [-0.2, 0) is 4.74 Å². The summed E-state index contributed by atoms with van der Waals surface area (Å²) in [6, 6.07) is 3.80. The summed E-state index contributed by atoms with van der Waals surface area (Å²) in [5.74, 6) is -0.408. The van der Waals surface area contributed by atoms with Gasteiger partial charge in [0.2, 0.25) is 0 Å².